The second-order valence-corrected chi connectivity index (χ2v) is 8.28. The first-order valence-corrected chi connectivity index (χ1v) is 11.3. The number of anilines is 1. The van der Waals surface area contributed by atoms with Crippen LogP contribution in [0.25, 0.3) is 11.2 Å². The first kappa shape index (κ1) is 12.9. The molecular weight excluding hydrogens is 487 g/mol. The summed E-state index contributed by atoms with van der Waals surface area (Å²) in [4.78, 5) is 8.09. The lowest BCUT2D eigenvalue weighted by Crippen LogP contribution is -2.33. The van der Waals surface area contributed by atoms with Gasteiger partial charge >= 0.3 is 0 Å². The number of nitrogens with zero attached hydrogens (tertiary/aromatic N) is 5. The molecule has 0 unspecified atom stereocenters. The predicted octanol–water partition coefficient (Wildman–Crippen LogP) is 2.18. The van der Waals surface area contributed by atoms with Crippen LogP contribution in [0.15, 0.2) is 23.3 Å². The van der Waals surface area contributed by atoms with Gasteiger partial charge in [-0.3, -0.25) is 0 Å². The van der Waals surface area contributed by atoms with Gasteiger partial charge < -0.3 is 25.4 Å². The van der Waals surface area contributed by atoms with Crippen molar-refractivity contribution in [3.8, 4) is 0 Å². The van der Waals surface area contributed by atoms with Crippen molar-refractivity contribution < 1.29 is 45.0 Å². The molecule has 2 heterocycles. The van der Waals surface area contributed by atoms with Crippen molar-refractivity contribution in [1.82, 2.24) is 25.0 Å². The monoisotopic (exact) mass is 533 g/mol. The molecule has 36 heavy (non-hydrogen) atoms. The molecule has 5 rings (SSSR count). The highest BCUT2D eigenvalue weighted by Gasteiger charge is 2.45. The summed E-state index contributed by atoms with van der Waals surface area (Å²) in [6, 6.07) is -8.32. The first-order valence-electron chi connectivity index (χ1n) is 18.0. The Bertz CT molecular complexity index is 1910. The quantitative estimate of drug-likeness (QED) is 0.227. The molecule has 3 aromatic rings. The molecule has 0 amide bonds. The third-order valence-corrected chi connectivity index (χ3v) is 5.74. The smallest absolute Gasteiger partial charge is 0.191 e. The molecule has 2 fully saturated rings. The van der Waals surface area contributed by atoms with Crippen molar-refractivity contribution in [1.29, 1.82) is 0 Å². The third kappa shape index (κ3) is 4.92. The Morgan fingerprint density at radius 2 is 2.22 bits per heavy atom. The molecule has 6 atom stereocenters. The van der Waals surface area contributed by atoms with Crippen molar-refractivity contribution in [2.24, 2.45) is 0 Å². The molecule has 12 heteroatoms. The van der Waals surface area contributed by atoms with Gasteiger partial charge in [0.05, 0.1) is 36.3 Å². The van der Waals surface area contributed by atoms with Gasteiger partial charge in [-0.2, -0.15) is 0 Å². The van der Waals surface area contributed by atoms with E-state index in [0.717, 1.165) is 6.92 Å². The molecule has 2 aliphatic carbocycles. The van der Waals surface area contributed by atoms with E-state index in [2.05, 4.69) is 25.6 Å². The number of thioether (sulfide) groups is 1. The first-order chi connectivity index (χ1) is 23.0. The van der Waals surface area contributed by atoms with Gasteiger partial charge in [0, 0.05) is 33.6 Å². The van der Waals surface area contributed by atoms with Crippen LogP contribution >= 0.6 is 11.8 Å². The van der Waals surface area contributed by atoms with Crippen LogP contribution in [0.3, 0.4) is 0 Å². The molecule has 194 valence electrons. The van der Waals surface area contributed by atoms with E-state index in [-0.39, 0.29) is 22.0 Å². The van der Waals surface area contributed by atoms with Crippen LogP contribution in [-0.4, -0.2) is 83.5 Å². The van der Waals surface area contributed by atoms with E-state index < -0.39 is 126 Å². The molecule has 2 aliphatic rings. The van der Waals surface area contributed by atoms with Gasteiger partial charge in [0.25, 0.3) is 0 Å². The van der Waals surface area contributed by atoms with Gasteiger partial charge in [-0.15, -0.1) is 5.10 Å². The molecule has 0 aliphatic heterocycles. The summed E-state index contributed by atoms with van der Waals surface area (Å²) in [6.07, 6.45) is -18.7. The number of hydrogen-bond acceptors (Lipinski definition) is 10. The second kappa shape index (κ2) is 10.5. The number of ether oxygens (including phenoxy) is 1. The van der Waals surface area contributed by atoms with Gasteiger partial charge in [0.1, 0.15) is 18.0 Å². The highest BCUT2D eigenvalue weighted by Crippen LogP contribution is 2.44. The van der Waals surface area contributed by atoms with Gasteiger partial charge in [-0.1, -0.05) is 36.0 Å². The fourth-order valence-electron chi connectivity index (χ4n) is 3.26. The van der Waals surface area contributed by atoms with Crippen LogP contribution in [0.5, 0.6) is 0 Å². The minimum Gasteiger partial charge on any atom is -0.394 e. The molecule has 0 saturated heterocycles. The average Bonchev–Trinajstić information content (AvgIpc) is 3.28. The Hall–Kier alpha value is -2.38. The van der Waals surface area contributed by atoms with Crippen molar-refractivity contribution >= 4 is 28.7 Å². The van der Waals surface area contributed by atoms with E-state index in [9.17, 15) is 19.7 Å². The average molecular weight is 534 g/mol. The fourth-order valence-corrected chi connectivity index (χ4v) is 3.72. The van der Waals surface area contributed by atoms with Crippen LogP contribution in [0, 0.1) is 12.7 Å². The largest absolute Gasteiger partial charge is 0.394 e. The molecule has 4 N–H and O–H groups in total. The number of halogens is 1. The van der Waals surface area contributed by atoms with Crippen molar-refractivity contribution in [3.63, 3.8) is 0 Å². The lowest BCUT2D eigenvalue weighted by atomic mass is 10.1. The molecule has 0 bridgehead atoms. The number of benzene rings is 1. The van der Waals surface area contributed by atoms with E-state index in [4.69, 9.17) is 25.3 Å². The maximum absolute atomic E-state index is 14.9. The predicted molar refractivity (Wildman–Crippen MR) is 133 cm³/mol. The molecule has 0 radical (unpaired) electrons. The number of aromatic nitrogens is 5. The van der Waals surface area contributed by atoms with Crippen LogP contribution < -0.4 is 5.32 Å². The third-order valence-electron chi connectivity index (χ3n) is 5.07. The van der Waals surface area contributed by atoms with Gasteiger partial charge in [0.15, 0.2) is 22.1 Å². The number of rotatable bonds is 10. The SMILES string of the molecule is [2H]c1c([2H])c([C@]2([2H])C[C@@]2([2H])Nc2nc(SC([2H])([2H])C([2H])([2H])C)nc3c2nnn3[C@]2([2H])C([2H])([2H])[C@]([2H])(OCCO)[C@@]([2H])(O)[C@@]2([2H])O)c([2H])c(F)c1C. The lowest BCUT2D eigenvalue weighted by molar-refractivity contribution is -0.0629. The number of fused-ring (bicyclic) bond motifs is 1. The zero-order valence-corrected chi connectivity index (χ0v) is 19.7. The Kier molecular flexibility index (Phi) is 3.78. The Morgan fingerprint density at radius 3 is 3.00 bits per heavy atom. The topological polar surface area (TPSA) is 138 Å². The standard InChI is InChI=1S/C24H31FN6O4S/c1-3-8-36-24-27-22(26-16-10-14(16)13-5-4-12(2)15(25)9-13)19-23(28-24)31(30-29-19)17-11-18(35-7-6-32)21(34)20(17)33/h4-5,9,14,16-18,20-21,32-34H,3,6-8,10-11H2,1-2H3,(H,26,27,28)/t14-,16+,17+,18-,20-,21+/m0/s1/i3D2,4D,5D,8D2,9D,11D2,14D,16D,17D,18D,20D,21D. The Labute approximate surface area is 233 Å². The van der Waals surface area contributed by atoms with E-state index in [1.165, 1.54) is 6.92 Å². The summed E-state index contributed by atoms with van der Waals surface area (Å²) in [7, 11) is 0. The highest BCUT2D eigenvalue weighted by atomic mass is 32.2. The minimum absolute atomic E-state index is 0.0434. The number of nitrogens with one attached hydrogen (secondary N) is 1. The van der Waals surface area contributed by atoms with Crippen LogP contribution in [-0.2, 0) is 4.74 Å². The normalized spacial score (nSPS) is 48.1. The summed E-state index contributed by atoms with van der Waals surface area (Å²) in [5, 5.41) is 40.6. The maximum atomic E-state index is 14.9. The summed E-state index contributed by atoms with van der Waals surface area (Å²) in [5.74, 6) is -4.11. The lowest BCUT2D eigenvalue weighted by Gasteiger charge is -2.17. The van der Waals surface area contributed by atoms with Crippen molar-refractivity contribution in [2.45, 2.75) is 74.3 Å². The number of hydrogen-bond donors (Lipinski definition) is 4. The summed E-state index contributed by atoms with van der Waals surface area (Å²) < 4.78 is 147. The Morgan fingerprint density at radius 1 is 1.39 bits per heavy atom. The van der Waals surface area contributed by atoms with Gasteiger partial charge in [-0.05, 0) is 36.9 Å². The van der Waals surface area contributed by atoms with Crippen LogP contribution in [0.2, 0.25) is 0 Å². The number of aliphatic hydroxyl groups is 3. The van der Waals surface area contributed by atoms with E-state index in [0.29, 0.717) is 0 Å². The number of aliphatic hydroxyl groups excluding tert-OH is 1. The van der Waals surface area contributed by atoms with Gasteiger partial charge in [0.2, 0.25) is 0 Å². The van der Waals surface area contributed by atoms with E-state index in [1.807, 2.05) is 0 Å². The second-order valence-electron chi connectivity index (χ2n) is 7.50. The summed E-state index contributed by atoms with van der Waals surface area (Å²) >= 11 is 0.0434. The highest BCUT2D eigenvalue weighted by molar-refractivity contribution is 7.99. The molecule has 10 nitrogen and oxygen atoms in total. The molecule has 0 spiro atoms. The zero-order valence-electron chi connectivity index (χ0n) is 33.9. The molecule has 1 aromatic carbocycles. The van der Waals surface area contributed by atoms with Crippen LogP contribution in [0.1, 0.15) is 69.7 Å². The summed E-state index contributed by atoms with van der Waals surface area (Å²) in [5.41, 5.74) is -5.26. The molecule has 2 saturated carbocycles. The molecule has 2 aromatic heterocycles. The zero-order chi connectivity index (χ0) is 38.9. The van der Waals surface area contributed by atoms with Crippen molar-refractivity contribution in [2.75, 3.05) is 24.2 Å². The minimum atomic E-state index is -4.06. The van der Waals surface area contributed by atoms with E-state index in [1.54, 1.807) is 0 Å². The Balaban J connectivity index is 1.74. The maximum Gasteiger partial charge on any atom is 0.191 e. The summed E-state index contributed by atoms with van der Waals surface area (Å²) in [6.45, 7) is 0.289. The molecular formula is C24H31FN6O4S. The van der Waals surface area contributed by atoms with E-state index >= 15 is 0 Å². The van der Waals surface area contributed by atoms with Gasteiger partial charge in [-0.25, -0.2) is 19.0 Å². The fraction of sp³-hybridized carbons (Fsp3) is 0.583. The van der Waals surface area contributed by atoms with Crippen molar-refractivity contribution in [3.05, 3.63) is 35.1 Å². The van der Waals surface area contributed by atoms with Crippen LogP contribution in [0.4, 0.5) is 10.2 Å².